The van der Waals surface area contributed by atoms with Gasteiger partial charge in [-0.05, 0) is 36.4 Å². The van der Waals surface area contributed by atoms with E-state index in [2.05, 4.69) is 10.3 Å². The zero-order chi connectivity index (χ0) is 23.7. The lowest BCUT2D eigenvalue weighted by molar-refractivity contribution is 0.0756. The Morgan fingerprint density at radius 1 is 1.12 bits per heavy atom. The molecule has 4 aromatic rings. The van der Waals surface area contributed by atoms with E-state index < -0.39 is 11.5 Å². The summed E-state index contributed by atoms with van der Waals surface area (Å²) in [6, 6.07) is 17.5. The van der Waals surface area contributed by atoms with E-state index in [4.69, 9.17) is 26.8 Å². The SMILES string of the molecule is Nc1nccc(Oc2ccc(NC(=O)c3c4n(n(-c5ccccc5)c3=O)CCOC4)cc2)c1Cl. The highest BCUT2D eigenvalue weighted by atomic mass is 35.5. The fraction of sp³-hybridized carbons (Fsp3) is 0.125. The molecule has 10 heteroatoms. The molecule has 9 nitrogen and oxygen atoms in total. The Morgan fingerprint density at radius 2 is 1.88 bits per heavy atom. The molecule has 0 fully saturated rings. The summed E-state index contributed by atoms with van der Waals surface area (Å²) in [5.41, 5.74) is 7.09. The van der Waals surface area contributed by atoms with Crippen molar-refractivity contribution in [1.29, 1.82) is 0 Å². The van der Waals surface area contributed by atoms with Gasteiger partial charge in [0.2, 0.25) is 0 Å². The predicted molar refractivity (Wildman–Crippen MR) is 128 cm³/mol. The Hall–Kier alpha value is -4.08. The minimum Gasteiger partial charge on any atom is -0.456 e. The number of aromatic nitrogens is 3. The summed E-state index contributed by atoms with van der Waals surface area (Å²) in [7, 11) is 0. The Balaban J connectivity index is 1.40. The second-order valence-corrected chi connectivity index (χ2v) is 7.92. The first-order chi connectivity index (χ1) is 16.5. The second kappa shape index (κ2) is 9.05. The molecular formula is C24H20ClN5O4. The van der Waals surface area contributed by atoms with Crippen molar-refractivity contribution in [1.82, 2.24) is 14.3 Å². The minimum atomic E-state index is -0.507. The first-order valence-corrected chi connectivity index (χ1v) is 10.9. The molecule has 0 bridgehead atoms. The van der Waals surface area contributed by atoms with Crippen molar-refractivity contribution >= 4 is 29.0 Å². The van der Waals surface area contributed by atoms with E-state index in [0.717, 1.165) is 0 Å². The lowest BCUT2D eigenvalue weighted by Gasteiger charge is -2.19. The number of rotatable bonds is 5. The van der Waals surface area contributed by atoms with Crippen molar-refractivity contribution in [3.63, 3.8) is 0 Å². The van der Waals surface area contributed by atoms with E-state index in [1.54, 1.807) is 35.0 Å². The number of benzene rings is 2. The molecule has 0 radical (unpaired) electrons. The van der Waals surface area contributed by atoms with E-state index in [1.165, 1.54) is 10.9 Å². The van der Waals surface area contributed by atoms with E-state index >= 15 is 0 Å². The third kappa shape index (κ3) is 4.02. The van der Waals surface area contributed by atoms with Crippen molar-refractivity contribution in [2.75, 3.05) is 17.7 Å². The molecule has 1 aliphatic heterocycles. The van der Waals surface area contributed by atoms with Crippen LogP contribution < -0.4 is 21.3 Å². The number of nitrogens with one attached hydrogen (secondary N) is 1. The van der Waals surface area contributed by atoms with E-state index in [-0.39, 0.29) is 23.0 Å². The van der Waals surface area contributed by atoms with Crippen LogP contribution >= 0.6 is 11.6 Å². The zero-order valence-electron chi connectivity index (χ0n) is 17.9. The molecule has 0 atom stereocenters. The van der Waals surface area contributed by atoms with Crippen molar-refractivity contribution in [2.45, 2.75) is 13.2 Å². The summed E-state index contributed by atoms with van der Waals surface area (Å²) in [4.78, 5) is 30.3. The molecule has 0 unspecified atom stereocenters. The van der Waals surface area contributed by atoms with E-state index in [0.29, 0.717) is 41.7 Å². The van der Waals surface area contributed by atoms with Crippen molar-refractivity contribution < 1.29 is 14.3 Å². The fourth-order valence-electron chi connectivity index (χ4n) is 3.79. The van der Waals surface area contributed by atoms with Gasteiger partial charge in [0.1, 0.15) is 22.2 Å². The molecule has 2 aromatic heterocycles. The molecule has 1 amide bonds. The lowest BCUT2D eigenvalue weighted by Crippen LogP contribution is -2.26. The molecule has 0 spiro atoms. The number of nitrogen functional groups attached to an aromatic ring is 1. The van der Waals surface area contributed by atoms with Crippen LogP contribution in [0.1, 0.15) is 16.1 Å². The number of para-hydroxylation sites is 1. The molecule has 0 saturated carbocycles. The number of anilines is 2. The molecular weight excluding hydrogens is 458 g/mol. The summed E-state index contributed by atoms with van der Waals surface area (Å²) in [5, 5.41) is 3.01. The number of carbonyl (C=O) groups is 1. The van der Waals surface area contributed by atoms with Gasteiger partial charge in [0.05, 0.1) is 31.1 Å². The van der Waals surface area contributed by atoms with Crippen LogP contribution in [0.5, 0.6) is 11.5 Å². The first-order valence-electron chi connectivity index (χ1n) is 10.5. The number of nitrogens with zero attached hydrogens (tertiary/aromatic N) is 3. The van der Waals surface area contributed by atoms with E-state index in [9.17, 15) is 9.59 Å². The van der Waals surface area contributed by atoms with Crippen LogP contribution in [0.25, 0.3) is 5.69 Å². The third-order valence-corrected chi connectivity index (χ3v) is 5.76. The number of halogens is 1. The number of hydrogen-bond acceptors (Lipinski definition) is 6. The van der Waals surface area contributed by atoms with Crippen molar-refractivity contribution in [2.24, 2.45) is 0 Å². The quantitative estimate of drug-likeness (QED) is 0.451. The lowest BCUT2D eigenvalue weighted by atomic mass is 10.2. The number of ether oxygens (including phenoxy) is 2. The molecule has 5 rings (SSSR count). The van der Waals surface area contributed by atoms with Gasteiger partial charge in [-0.3, -0.25) is 14.3 Å². The van der Waals surface area contributed by atoms with Crippen molar-refractivity contribution in [3.05, 3.63) is 93.5 Å². The van der Waals surface area contributed by atoms with Gasteiger partial charge in [0.25, 0.3) is 11.5 Å². The molecule has 172 valence electrons. The summed E-state index contributed by atoms with van der Waals surface area (Å²) < 4.78 is 14.6. The first kappa shape index (κ1) is 21.7. The average Bonchev–Trinajstić information content (AvgIpc) is 3.15. The number of fused-ring (bicyclic) bond motifs is 1. The van der Waals surface area contributed by atoms with Crippen LogP contribution in [0.3, 0.4) is 0 Å². The Kier molecular flexibility index (Phi) is 5.79. The predicted octanol–water partition coefficient (Wildman–Crippen LogP) is 3.84. The van der Waals surface area contributed by atoms with Gasteiger partial charge in [-0.1, -0.05) is 29.8 Å². The van der Waals surface area contributed by atoms with Gasteiger partial charge in [-0.25, -0.2) is 9.67 Å². The number of nitrogens with two attached hydrogens (primary N) is 1. The zero-order valence-corrected chi connectivity index (χ0v) is 18.7. The highest BCUT2D eigenvalue weighted by molar-refractivity contribution is 6.34. The van der Waals surface area contributed by atoms with Gasteiger partial charge in [0, 0.05) is 18.0 Å². The molecule has 0 aliphatic carbocycles. The monoisotopic (exact) mass is 477 g/mol. The smallest absolute Gasteiger partial charge is 0.284 e. The Morgan fingerprint density at radius 3 is 2.65 bits per heavy atom. The molecule has 0 saturated heterocycles. The minimum absolute atomic E-state index is 0.0583. The maximum Gasteiger partial charge on any atom is 0.284 e. The summed E-state index contributed by atoms with van der Waals surface area (Å²) >= 11 is 6.12. The topological polar surface area (TPSA) is 113 Å². The number of hydrogen-bond donors (Lipinski definition) is 2. The maximum atomic E-state index is 13.3. The Bertz CT molecular complexity index is 1410. The van der Waals surface area contributed by atoms with Gasteiger partial charge >= 0.3 is 0 Å². The number of pyridine rings is 1. The average molecular weight is 478 g/mol. The van der Waals surface area contributed by atoms with Crippen LogP contribution in [0.4, 0.5) is 11.5 Å². The van der Waals surface area contributed by atoms with Crippen LogP contribution in [-0.4, -0.2) is 26.9 Å². The molecule has 1 aliphatic rings. The highest BCUT2D eigenvalue weighted by Gasteiger charge is 2.28. The molecule has 3 N–H and O–H groups in total. The number of amides is 1. The normalized spacial score (nSPS) is 12.7. The van der Waals surface area contributed by atoms with Crippen LogP contribution in [0.2, 0.25) is 5.02 Å². The summed E-state index contributed by atoms with van der Waals surface area (Å²) in [5.74, 6) is 0.524. The third-order valence-electron chi connectivity index (χ3n) is 5.38. The molecule has 34 heavy (non-hydrogen) atoms. The largest absolute Gasteiger partial charge is 0.456 e. The maximum absolute atomic E-state index is 13.3. The van der Waals surface area contributed by atoms with Gasteiger partial charge in [-0.2, -0.15) is 0 Å². The molecule has 3 heterocycles. The van der Waals surface area contributed by atoms with Gasteiger partial charge in [-0.15, -0.1) is 0 Å². The number of carbonyl (C=O) groups excluding carboxylic acids is 1. The summed E-state index contributed by atoms with van der Waals surface area (Å²) in [6.45, 7) is 1.12. The summed E-state index contributed by atoms with van der Waals surface area (Å²) in [6.07, 6.45) is 1.50. The Labute approximate surface area is 199 Å². The van der Waals surface area contributed by atoms with Crippen LogP contribution in [0, 0.1) is 0 Å². The second-order valence-electron chi connectivity index (χ2n) is 7.54. The highest BCUT2D eigenvalue weighted by Crippen LogP contribution is 2.32. The van der Waals surface area contributed by atoms with Crippen molar-refractivity contribution in [3.8, 4) is 17.2 Å². The van der Waals surface area contributed by atoms with Gasteiger partial charge in [0.15, 0.2) is 5.75 Å². The van der Waals surface area contributed by atoms with Crippen LogP contribution in [0.15, 0.2) is 71.7 Å². The molecule has 2 aromatic carbocycles. The fourth-order valence-corrected chi connectivity index (χ4v) is 3.94. The van der Waals surface area contributed by atoms with Gasteiger partial charge < -0.3 is 20.5 Å². The van der Waals surface area contributed by atoms with E-state index in [1.807, 2.05) is 30.3 Å². The standard InChI is InChI=1S/C24H20ClN5O4/c25-21-19(10-11-27-22(21)26)34-17-8-6-15(7-9-17)28-23(31)20-18-14-33-13-12-29(18)30(24(20)32)16-4-2-1-3-5-16/h1-11H,12-14H2,(H2,26,27)(H,28,31). The van der Waals surface area contributed by atoms with Crippen LogP contribution in [-0.2, 0) is 17.9 Å².